The third-order valence-electron chi connectivity index (χ3n) is 5.51. The summed E-state index contributed by atoms with van der Waals surface area (Å²) in [6, 6.07) is 5.43. The van der Waals surface area contributed by atoms with E-state index >= 15 is 0 Å². The van der Waals surface area contributed by atoms with Gasteiger partial charge in [-0.15, -0.1) is 0 Å². The molecule has 0 radical (unpaired) electrons. The Morgan fingerprint density at radius 3 is 2.36 bits per heavy atom. The van der Waals surface area contributed by atoms with Crippen molar-refractivity contribution in [3.8, 4) is 0 Å². The second-order valence-corrected chi connectivity index (χ2v) is 8.90. The molecule has 0 bridgehead atoms. The van der Waals surface area contributed by atoms with Gasteiger partial charge in [-0.3, -0.25) is 0 Å². The largest absolute Gasteiger partial charge is 0.478 e. The van der Waals surface area contributed by atoms with Gasteiger partial charge in [-0.25, -0.2) is 9.59 Å². The molecule has 0 saturated carbocycles. The van der Waals surface area contributed by atoms with Gasteiger partial charge in [-0.1, -0.05) is 0 Å². The second kappa shape index (κ2) is 7.62. The Kier molecular flexibility index (Phi) is 5.57. The predicted octanol–water partition coefficient (Wildman–Crippen LogP) is 3.37. The SMILES string of the molecule is COCc1cc(N2CC3(CCN(C(=O)OC(C)(C)C)CC3)C2)ccc1C(=O)O. The highest BCUT2D eigenvalue weighted by atomic mass is 16.6. The number of methoxy groups -OCH3 is 1. The molecule has 3 rings (SSSR count). The molecule has 7 heteroatoms. The maximum atomic E-state index is 12.2. The number of rotatable bonds is 4. The lowest BCUT2D eigenvalue weighted by Crippen LogP contribution is -2.61. The lowest BCUT2D eigenvalue weighted by Gasteiger charge is -2.55. The number of nitrogens with zero attached hydrogens (tertiary/aromatic N) is 2. The maximum absolute atomic E-state index is 12.2. The molecule has 0 aliphatic carbocycles. The summed E-state index contributed by atoms with van der Waals surface area (Å²) in [7, 11) is 1.56. The first-order valence-corrected chi connectivity index (χ1v) is 9.70. The van der Waals surface area contributed by atoms with E-state index in [1.807, 2.05) is 32.9 Å². The van der Waals surface area contributed by atoms with Crippen LogP contribution >= 0.6 is 0 Å². The van der Waals surface area contributed by atoms with Gasteiger partial charge in [0.25, 0.3) is 0 Å². The van der Waals surface area contributed by atoms with E-state index in [0.717, 1.165) is 44.7 Å². The van der Waals surface area contributed by atoms with E-state index < -0.39 is 11.6 Å². The van der Waals surface area contributed by atoms with Crippen molar-refractivity contribution in [2.45, 2.75) is 45.8 Å². The molecule has 2 aliphatic rings. The third kappa shape index (κ3) is 4.41. The van der Waals surface area contributed by atoms with Crippen LogP contribution in [0.3, 0.4) is 0 Å². The van der Waals surface area contributed by atoms with Crippen LogP contribution in [-0.4, -0.2) is 61.0 Å². The zero-order valence-electron chi connectivity index (χ0n) is 17.2. The van der Waals surface area contributed by atoms with Crippen molar-refractivity contribution in [1.29, 1.82) is 0 Å². The van der Waals surface area contributed by atoms with E-state index in [0.29, 0.717) is 5.56 Å². The number of benzene rings is 1. The minimum atomic E-state index is -0.937. The highest BCUT2D eigenvalue weighted by Gasteiger charge is 2.46. The van der Waals surface area contributed by atoms with Crippen molar-refractivity contribution in [2.75, 3.05) is 38.2 Å². The van der Waals surface area contributed by atoms with Crippen molar-refractivity contribution < 1.29 is 24.2 Å². The molecular weight excluding hydrogens is 360 g/mol. The van der Waals surface area contributed by atoms with E-state index in [4.69, 9.17) is 9.47 Å². The van der Waals surface area contributed by atoms with E-state index in [2.05, 4.69) is 4.90 Å². The van der Waals surface area contributed by atoms with Gasteiger partial charge in [0, 0.05) is 44.4 Å². The lowest BCUT2D eigenvalue weighted by atomic mass is 9.72. The average Bonchev–Trinajstić information content (AvgIpc) is 2.58. The van der Waals surface area contributed by atoms with Gasteiger partial charge in [0.05, 0.1) is 12.2 Å². The number of likely N-dealkylation sites (tertiary alicyclic amines) is 1. The second-order valence-electron chi connectivity index (χ2n) is 8.90. The minimum Gasteiger partial charge on any atom is -0.478 e. The van der Waals surface area contributed by atoms with Crippen LogP contribution in [0, 0.1) is 5.41 Å². The molecule has 1 aromatic rings. The lowest BCUT2D eigenvalue weighted by molar-refractivity contribution is 0.00595. The molecule has 0 aromatic heterocycles. The summed E-state index contributed by atoms with van der Waals surface area (Å²) in [4.78, 5) is 27.7. The van der Waals surface area contributed by atoms with Gasteiger partial charge in [0.2, 0.25) is 0 Å². The fourth-order valence-electron chi connectivity index (χ4n) is 4.01. The molecular formula is C21H30N2O5. The fraction of sp³-hybridized carbons (Fsp3) is 0.619. The highest BCUT2D eigenvalue weighted by Crippen LogP contribution is 2.43. The molecule has 1 amide bonds. The Labute approximate surface area is 166 Å². The summed E-state index contributed by atoms with van der Waals surface area (Å²) >= 11 is 0. The summed E-state index contributed by atoms with van der Waals surface area (Å²) in [6.07, 6.45) is 1.69. The topological polar surface area (TPSA) is 79.3 Å². The van der Waals surface area contributed by atoms with Gasteiger partial charge >= 0.3 is 12.1 Å². The van der Waals surface area contributed by atoms with Crippen molar-refractivity contribution in [2.24, 2.45) is 5.41 Å². The number of amides is 1. The zero-order chi connectivity index (χ0) is 20.5. The van der Waals surface area contributed by atoms with Crippen molar-refractivity contribution in [3.63, 3.8) is 0 Å². The number of hydrogen-bond donors (Lipinski definition) is 1. The van der Waals surface area contributed by atoms with Gasteiger partial charge in [0.1, 0.15) is 5.60 Å². The Hall–Kier alpha value is -2.28. The first kappa shape index (κ1) is 20.5. The molecule has 154 valence electrons. The van der Waals surface area contributed by atoms with Gasteiger partial charge in [-0.05, 0) is 57.4 Å². The molecule has 2 aliphatic heterocycles. The number of carbonyl (C=O) groups is 2. The zero-order valence-corrected chi connectivity index (χ0v) is 17.2. The summed E-state index contributed by atoms with van der Waals surface area (Å²) in [5.41, 5.74) is 1.75. The summed E-state index contributed by atoms with van der Waals surface area (Å²) in [5, 5.41) is 9.32. The van der Waals surface area contributed by atoms with Crippen LogP contribution in [0.25, 0.3) is 0 Å². The molecule has 2 heterocycles. The molecule has 0 atom stereocenters. The molecule has 1 aromatic carbocycles. The smallest absolute Gasteiger partial charge is 0.410 e. The van der Waals surface area contributed by atoms with Crippen LogP contribution in [-0.2, 0) is 16.1 Å². The molecule has 2 fully saturated rings. The first-order valence-electron chi connectivity index (χ1n) is 9.70. The number of carboxylic acids is 1. The summed E-state index contributed by atoms with van der Waals surface area (Å²) < 4.78 is 10.6. The van der Waals surface area contributed by atoms with E-state index in [-0.39, 0.29) is 23.7 Å². The normalized spacial score (nSPS) is 18.7. The van der Waals surface area contributed by atoms with Crippen LogP contribution < -0.4 is 4.90 Å². The molecule has 0 unspecified atom stereocenters. The quantitative estimate of drug-likeness (QED) is 0.849. The first-order chi connectivity index (χ1) is 13.1. The molecule has 2 saturated heterocycles. The number of carbonyl (C=O) groups excluding carboxylic acids is 1. The van der Waals surface area contributed by atoms with Crippen molar-refractivity contribution in [1.82, 2.24) is 4.90 Å². The fourth-order valence-corrected chi connectivity index (χ4v) is 4.01. The Morgan fingerprint density at radius 2 is 1.82 bits per heavy atom. The van der Waals surface area contributed by atoms with Crippen LogP contribution in [0.1, 0.15) is 49.5 Å². The van der Waals surface area contributed by atoms with E-state index in [9.17, 15) is 14.7 Å². The molecule has 1 spiro atoms. The number of carboxylic acid groups (broad SMARTS) is 1. The average molecular weight is 390 g/mol. The Bertz CT molecular complexity index is 740. The number of anilines is 1. The summed E-state index contributed by atoms with van der Waals surface area (Å²) in [6.45, 7) is 9.21. The van der Waals surface area contributed by atoms with Gasteiger partial charge in [-0.2, -0.15) is 0 Å². The van der Waals surface area contributed by atoms with Crippen molar-refractivity contribution in [3.05, 3.63) is 29.3 Å². The predicted molar refractivity (Wildman–Crippen MR) is 106 cm³/mol. The van der Waals surface area contributed by atoms with Crippen LogP contribution in [0.15, 0.2) is 18.2 Å². The number of ether oxygens (including phenoxy) is 2. The van der Waals surface area contributed by atoms with Crippen LogP contribution in [0.2, 0.25) is 0 Å². The Morgan fingerprint density at radius 1 is 1.18 bits per heavy atom. The summed E-state index contributed by atoms with van der Waals surface area (Å²) in [5.74, 6) is -0.937. The minimum absolute atomic E-state index is 0.228. The number of hydrogen-bond acceptors (Lipinski definition) is 5. The molecule has 1 N–H and O–H groups in total. The maximum Gasteiger partial charge on any atom is 0.410 e. The van der Waals surface area contributed by atoms with Gasteiger partial charge in [0.15, 0.2) is 0 Å². The monoisotopic (exact) mass is 390 g/mol. The van der Waals surface area contributed by atoms with Crippen LogP contribution in [0.4, 0.5) is 10.5 Å². The standard InChI is InChI=1S/C21H30N2O5/c1-20(2,3)28-19(26)22-9-7-21(8-10-22)13-23(14-21)16-5-6-17(18(24)25)15(11-16)12-27-4/h5-6,11H,7-10,12-14H2,1-4H3,(H,24,25). The third-order valence-corrected chi connectivity index (χ3v) is 5.51. The number of piperidine rings is 1. The van der Waals surface area contributed by atoms with Crippen LogP contribution in [0.5, 0.6) is 0 Å². The Balaban J connectivity index is 1.58. The highest BCUT2D eigenvalue weighted by molar-refractivity contribution is 5.90. The van der Waals surface area contributed by atoms with E-state index in [1.54, 1.807) is 18.1 Å². The molecule has 7 nitrogen and oxygen atoms in total. The number of aromatic carboxylic acids is 1. The van der Waals surface area contributed by atoms with Crippen molar-refractivity contribution >= 4 is 17.7 Å². The molecule has 28 heavy (non-hydrogen) atoms. The van der Waals surface area contributed by atoms with Gasteiger partial charge < -0.3 is 24.4 Å². The van der Waals surface area contributed by atoms with E-state index in [1.165, 1.54) is 0 Å².